The van der Waals surface area contributed by atoms with Gasteiger partial charge >= 0.3 is 0 Å². The van der Waals surface area contributed by atoms with E-state index in [0.29, 0.717) is 17.0 Å². The first kappa shape index (κ1) is 13.5. The van der Waals surface area contributed by atoms with E-state index < -0.39 is 5.60 Å². The van der Waals surface area contributed by atoms with Crippen molar-refractivity contribution >= 4 is 11.6 Å². The van der Waals surface area contributed by atoms with Crippen LogP contribution in [0.15, 0.2) is 18.2 Å². The number of ether oxygens (including phenoxy) is 1. The van der Waals surface area contributed by atoms with Crippen LogP contribution < -0.4 is 15.8 Å². The molecule has 5 heteroatoms. The summed E-state index contributed by atoms with van der Waals surface area (Å²) in [4.78, 5) is 11.0. The van der Waals surface area contributed by atoms with Gasteiger partial charge in [-0.05, 0) is 25.1 Å². The topological polar surface area (TPSA) is 84.6 Å². The highest BCUT2D eigenvalue weighted by Crippen LogP contribution is 2.31. The van der Waals surface area contributed by atoms with Crippen molar-refractivity contribution in [2.75, 3.05) is 19.0 Å². The second kappa shape index (κ2) is 5.16. The number of methoxy groups -OCH3 is 1. The van der Waals surface area contributed by atoms with Crippen LogP contribution >= 0.6 is 0 Å². The average molecular weight is 238 g/mol. The predicted molar refractivity (Wildman–Crippen MR) is 65.9 cm³/mol. The van der Waals surface area contributed by atoms with Gasteiger partial charge in [-0.2, -0.15) is 0 Å². The summed E-state index contributed by atoms with van der Waals surface area (Å²) in [5, 5.41) is 12.8. The van der Waals surface area contributed by atoms with Gasteiger partial charge in [0.15, 0.2) is 0 Å². The zero-order valence-electron chi connectivity index (χ0n) is 10.3. The van der Waals surface area contributed by atoms with Crippen LogP contribution in [0.3, 0.4) is 0 Å². The molecule has 0 aliphatic heterocycles. The van der Waals surface area contributed by atoms with Crippen molar-refractivity contribution in [3.63, 3.8) is 0 Å². The number of nitrogens with two attached hydrogens (primary N) is 1. The Morgan fingerprint density at radius 3 is 2.71 bits per heavy atom. The van der Waals surface area contributed by atoms with E-state index in [1.165, 1.54) is 14.0 Å². The van der Waals surface area contributed by atoms with Crippen molar-refractivity contribution in [3.05, 3.63) is 23.8 Å². The van der Waals surface area contributed by atoms with E-state index in [1.807, 2.05) is 0 Å². The number of hydrogen-bond donors (Lipinski definition) is 3. The Balaban J connectivity index is 3.19. The van der Waals surface area contributed by atoms with Crippen LogP contribution in [0.1, 0.15) is 19.4 Å². The molecular weight excluding hydrogens is 220 g/mol. The van der Waals surface area contributed by atoms with E-state index in [0.717, 1.165) is 0 Å². The molecule has 1 aromatic carbocycles. The first-order valence-electron chi connectivity index (χ1n) is 5.29. The maximum atomic E-state index is 11.0. The number of aliphatic hydroxyl groups is 1. The summed E-state index contributed by atoms with van der Waals surface area (Å²) in [6.07, 6.45) is 0. The quantitative estimate of drug-likeness (QED) is 0.725. The molecule has 0 fully saturated rings. The number of carbonyl (C=O) groups excluding carboxylic acids is 1. The molecule has 1 aromatic rings. The summed E-state index contributed by atoms with van der Waals surface area (Å²) in [5.41, 5.74) is 5.47. The molecule has 1 rings (SSSR count). The maximum absolute atomic E-state index is 11.0. The third kappa shape index (κ3) is 3.18. The number of benzene rings is 1. The van der Waals surface area contributed by atoms with Crippen molar-refractivity contribution < 1.29 is 14.6 Å². The number of anilines is 1. The highest BCUT2D eigenvalue weighted by atomic mass is 16.5. The van der Waals surface area contributed by atoms with Crippen molar-refractivity contribution in [1.82, 2.24) is 0 Å². The second-order valence-corrected chi connectivity index (χ2v) is 4.07. The van der Waals surface area contributed by atoms with E-state index in [9.17, 15) is 9.90 Å². The molecular formula is C12H18N2O3. The molecule has 0 aliphatic carbocycles. The summed E-state index contributed by atoms with van der Waals surface area (Å²) >= 11 is 0. The zero-order chi connectivity index (χ0) is 13.1. The lowest BCUT2D eigenvalue weighted by atomic mass is 9.94. The van der Waals surface area contributed by atoms with Crippen molar-refractivity contribution in [2.45, 2.75) is 19.4 Å². The van der Waals surface area contributed by atoms with Crippen LogP contribution in [0.5, 0.6) is 5.75 Å². The van der Waals surface area contributed by atoms with Crippen LogP contribution in [-0.2, 0) is 10.4 Å². The minimum Gasteiger partial charge on any atom is -0.496 e. The molecule has 0 bridgehead atoms. The van der Waals surface area contributed by atoms with E-state index in [1.54, 1.807) is 25.1 Å². The molecule has 0 spiro atoms. The molecule has 1 atom stereocenters. The highest BCUT2D eigenvalue weighted by molar-refractivity contribution is 5.88. The normalized spacial score (nSPS) is 13.9. The predicted octanol–water partition coefficient (Wildman–Crippen LogP) is 0.820. The minimum absolute atomic E-state index is 0.0624. The van der Waals surface area contributed by atoms with Gasteiger partial charge in [-0.3, -0.25) is 4.79 Å². The summed E-state index contributed by atoms with van der Waals surface area (Å²) in [7, 11) is 1.52. The molecule has 5 nitrogen and oxygen atoms in total. The lowest BCUT2D eigenvalue weighted by molar-refractivity contribution is -0.114. The Labute approximate surface area is 101 Å². The van der Waals surface area contributed by atoms with Gasteiger partial charge in [-0.1, -0.05) is 0 Å². The highest BCUT2D eigenvalue weighted by Gasteiger charge is 2.25. The average Bonchev–Trinajstić information content (AvgIpc) is 2.28. The number of hydrogen-bond acceptors (Lipinski definition) is 4. The Kier molecular flexibility index (Phi) is 4.09. The molecule has 0 aromatic heterocycles. The van der Waals surface area contributed by atoms with Crippen LogP contribution in [0.2, 0.25) is 0 Å². The van der Waals surface area contributed by atoms with E-state index in [2.05, 4.69) is 5.32 Å². The Morgan fingerprint density at radius 1 is 1.59 bits per heavy atom. The standard InChI is InChI=1S/C12H18N2O3/c1-8(15)14-9-4-5-11(17-3)10(6-9)12(2,16)7-13/h4-6,16H,7,13H2,1-3H3,(H,14,15). The van der Waals surface area contributed by atoms with Gasteiger partial charge < -0.3 is 20.9 Å². The molecule has 1 unspecified atom stereocenters. The van der Waals surface area contributed by atoms with Crippen LogP contribution in [0, 0.1) is 0 Å². The number of rotatable bonds is 4. The van der Waals surface area contributed by atoms with Crippen molar-refractivity contribution in [1.29, 1.82) is 0 Å². The minimum atomic E-state index is -1.19. The van der Waals surface area contributed by atoms with E-state index in [-0.39, 0.29) is 12.5 Å². The number of carbonyl (C=O) groups is 1. The molecule has 0 saturated carbocycles. The summed E-state index contributed by atoms with van der Waals surface area (Å²) in [6, 6.07) is 5.05. The smallest absolute Gasteiger partial charge is 0.221 e. The lowest BCUT2D eigenvalue weighted by Gasteiger charge is -2.24. The van der Waals surface area contributed by atoms with Crippen molar-refractivity contribution in [3.8, 4) is 5.75 Å². The molecule has 4 N–H and O–H groups in total. The SMILES string of the molecule is COc1ccc(NC(C)=O)cc1C(C)(O)CN. The fourth-order valence-electron chi connectivity index (χ4n) is 1.52. The number of nitrogens with one attached hydrogen (secondary N) is 1. The first-order valence-corrected chi connectivity index (χ1v) is 5.29. The molecule has 0 saturated heterocycles. The van der Waals surface area contributed by atoms with Gasteiger partial charge in [0.2, 0.25) is 5.91 Å². The van der Waals surface area contributed by atoms with Crippen molar-refractivity contribution in [2.24, 2.45) is 5.73 Å². The van der Waals surface area contributed by atoms with Crippen LogP contribution in [-0.4, -0.2) is 24.7 Å². The van der Waals surface area contributed by atoms with Gasteiger partial charge in [0.1, 0.15) is 11.4 Å². The van der Waals surface area contributed by atoms with Gasteiger partial charge in [0, 0.05) is 24.7 Å². The Hall–Kier alpha value is -1.59. The molecule has 1 amide bonds. The molecule has 17 heavy (non-hydrogen) atoms. The van der Waals surface area contributed by atoms with E-state index in [4.69, 9.17) is 10.5 Å². The van der Waals surface area contributed by atoms with E-state index >= 15 is 0 Å². The maximum Gasteiger partial charge on any atom is 0.221 e. The van der Waals surface area contributed by atoms with Crippen LogP contribution in [0.25, 0.3) is 0 Å². The lowest BCUT2D eigenvalue weighted by Crippen LogP contribution is -2.31. The summed E-state index contributed by atoms with van der Waals surface area (Å²) < 4.78 is 5.17. The summed E-state index contributed by atoms with van der Waals surface area (Å²) in [5.74, 6) is 0.364. The molecule has 0 radical (unpaired) electrons. The Morgan fingerprint density at radius 2 is 2.24 bits per heavy atom. The molecule has 0 aliphatic rings. The monoisotopic (exact) mass is 238 g/mol. The molecule has 0 heterocycles. The number of amides is 1. The zero-order valence-corrected chi connectivity index (χ0v) is 10.3. The van der Waals surface area contributed by atoms with Gasteiger partial charge in [0.25, 0.3) is 0 Å². The summed E-state index contributed by atoms with van der Waals surface area (Å²) in [6.45, 7) is 3.08. The third-order valence-corrected chi connectivity index (χ3v) is 2.50. The molecule has 94 valence electrons. The largest absolute Gasteiger partial charge is 0.496 e. The van der Waals surface area contributed by atoms with Gasteiger partial charge in [-0.25, -0.2) is 0 Å². The second-order valence-electron chi connectivity index (χ2n) is 4.07. The van der Waals surface area contributed by atoms with Gasteiger partial charge in [-0.15, -0.1) is 0 Å². The fraction of sp³-hybridized carbons (Fsp3) is 0.417. The Bertz CT molecular complexity index is 416. The first-order chi connectivity index (χ1) is 7.90. The fourth-order valence-corrected chi connectivity index (χ4v) is 1.52. The van der Waals surface area contributed by atoms with Crippen LogP contribution in [0.4, 0.5) is 5.69 Å². The third-order valence-electron chi connectivity index (χ3n) is 2.50. The van der Waals surface area contributed by atoms with Gasteiger partial charge in [0.05, 0.1) is 7.11 Å².